The van der Waals surface area contributed by atoms with Crippen LogP contribution in [0.3, 0.4) is 0 Å². The van der Waals surface area contributed by atoms with Crippen molar-refractivity contribution < 1.29 is 4.74 Å². The molecule has 152 valence electrons. The maximum Gasteiger partial charge on any atom is 0.328 e. The Balaban J connectivity index is 1.65. The first-order valence-electron chi connectivity index (χ1n) is 9.64. The van der Waals surface area contributed by atoms with Crippen molar-refractivity contribution in [2.75, 3.05) is 7.11 Å². The van der Waals surface area contributed by atoms with Crippen LogP contribution in [-0.2, 0) is 4.74 Å². The molecular formula is C20H18ClN7O2. The summed E-state index contributed by atoms with van der Waals surface area (Å²) < 4.78 is 8.81. The molecule has 1 fully saturated rings. The van der Waals surface area contributed by atoms with Crippen molar-refractivity contribution in [1.82, 2.24) is 29.1 Å². The largest absolute Gasteiger partial charge is 0.381 e. The van der Waals surface area contributed by atoms with Crippen LogP contribution in [0, 0.1) is 6.57 Å². The van der Waals surface area contributed by atoms with E-state index >= 15 is 0 Å². The van der Waals surface area contributed by atoms with Crippen LogP contribution in [0.4, 0.5) is 5.69 Å². The molecule has 1 N–H and O–H groups in total. The number of aromatic amines is 1. The summed E-state index contributed by atoms with van der Waals surface area (Å²) >= 11 is 6.42. The Bertz CT molecular complexity index is 1360. The quantitative estimate of drug-likeness (QED) is 0.399. The maximum atomic E-state index is 12.7. The molecule has 5 rings (SSSR count). The third kappa shape index (κ3) is 2.96. The summed E-state index contributed by atoms with van der Waals surface area (Å²) in [5.74, 6) is 0.301. The van der Waals surface area contributed by atoms with Crippen LogP contribution in [0.15, 0.2) is 29.3 Å². The molecule has 1 aromatic carbocycles. The van der Waals surface area contributed by atoms with E-state index in [0.717, 1.165) is 25.7 Å². The maximum absolute atomic E-state index is 12.7. The Kier molecular flexibility index (Phi) is 4.53. The molecule has 0 aliphatic heterocycles. The Hall–Kier alpha value is -3.22. The number of fused-ring (bicyclic) bond motifs is 2. The van der Waals surface area contributed by atoms with Gasteiger partial charge in [0.25, 0.3) is 0 Å². The zero-order valence-corrected chi connectivity index (χ0v) is 16.9. The summed E-state index contributed by atoms with van der Waals surface area (Å²) in [5, 5.41) is 0.166. The molecule has 3 heterocycles. The second-order valence-corrected chi connectivity index (χ2v) is 7.74. The fraction of sp³-hybridized carbons (Fsp3) is 0.350. The molecule has 0 bridgehead atoms. The van der Waals surface area contributed by atoms with Gasteiger partial charge >= 0.3 is 5.69 Å². The van der Waals surface area contributed by atoms with Crippen LogP contribution in [0.2, 0.25) is 5.15 Å². The highest BCUT2D eigenvalue weighted by atomic mass is 35.5. The van der Waals surface area contributed by atoms with Gasteiger partial charge in [-0.15, -0.1) is 0 Å². The summed E-state index contributed by atoms with van der Waals surface area (Å²) in [4.78, 5) is 32.4. The third-order valence-corrected chi connectivity index (χ3v) is 6.00. The lowest BCUT2D eigenvalue weighted by Crippen LogP contribution is -2.28. The number of methoxy groups -OCH3 is 1. The molecule has 0 spiro atoms. The average molecular weight is 424 g/mol. The molecule has 0 saturated heterocycles. The minimum atomic E-state index is -0.245. The van der Waals surface area contributed by atoms with Gasteiger partial charge in [0.05, 0.1) is 23.7 Å². The first kappa shape index (κ1) is 18.8. The van der Waals surface area contributed by atoms with Crippen molar-refractivity contribution >= 4 is 39.5 Å². The smallest absolute Gasteiger partial charge is 0.328 e. The minimum absolute atomic E-state index is 0.0183. The topological polar surface area (TPSA) is 95.0 Å². The number of imidazole rings is 2. The van der Waals surface area contributed by atoms with Crippen molar-refractivity contribution in [3.05, 3.63) is 51.6 Å². The van der Waals surface area contributed by atoms with Crippen molar-refractivity contribution in [2.24, 2.45) is 0 Å². The number of rotatable bonds is 3. The van der Waals surface area contributed by atoms with E-state index in [2.05, 4.69) is 24.8 Å². The van der Waals surface area contributed by atoms with Gasteiger partial charge in [0.2, 0.25) is 5.95 Å². The molecule has 0 atom stereocenters. The van der Waals surface area contributed by atoms with Crippen LogP contribution >= 0.6 is 11.6 Å². The second-order valence-electron chi connectivity index (χ2n) is 7.38. The number of hydrogen-bond acceptors (Lipinski definition) is 5. The van der Waals surface area contributed by atoms with Crippen LogP contribution in [0.1, 0.15) is 31.7 Å². The van der Waals surface area contributed by atoms with Gasteiger partial charge in [-0.2, -0.15) is 9.97 Å². The van der Waals surface area contributed by atoms with E-state index in [-0.39, 0.29) is 23.0 Å². The number of nitrogens with one attached hydrogen (secondary N) is 1. The Morgan fingerprint density at radius 1 is 1.27 bits per heavy atom. The molecule has 1 aliphatic rings. The monoisotopic (exact) mass is 423 g/mol. The number of halogens is 1. The van der Waals surface area contributed by atoms with Gasteiger partial charge in [-0.3, -0.25) is 9.13 Å². The van der Waals surface area contributed by atoms with E-state index in [1.54, 1.807) is 40.8 Å². The SMILES string of the molecule is [C-]#[N+]c1ccc2ncn(-c3nc(Cl)c4[nH]c(=O)n(C5CCC(OC)CC5)c4n3)c2c1. The predicted molar refractivity (Wildman–Crippen MR) is 112 cm³/mol. The Morgan fingerprint density at radius 2 is 2.07 bits per heavy atom. The number of H-pyrrole nitrogens is 1. The summed E-state index contributed by atoms with van der Waals surface area (Å²) in [6, 6.07) is 5.24. The number of hydrogen-bond donors (Lipinski definition) is 1. The highest BCUT2D eigenvalue weighted by molar-refractivity contribution is 6.33. The van der Waals surface area contributed by atoms with E-state index in [4.69, 9.17) is 22.9 Å². The lowest BCUT2D eigenvalue weighted by molar-refractivity contribution is 0.0585. The standard InChI is InChI=1S/C20H18ClN7O2/c1-22-11-3-8-14-15(9-11)27(10-23-14)19-25-17(21)16-18(26-19)28(20(29)24-16)12-4-6-13(30-2)7-5-12/h3,8-10,12-13H,4-7H2,2H3,(H,24,29). The first-order valence-corrected chi connectivity index (χ1v) is 10.0. The van der Waals surface area contributed by atoms with Crippen molar-refractivity contribution in [1.29, 1.82) is 0 Å². The lowest BCUT2D eigenvalue weighted by Gasteiger charge is -2.28. The Morgan fingerprint density at radius 3 is 2.80 bits per heavy atom. The summed E-state index contributed by atoms with van der Waals surface area (Å²) in [7, 11) is 1.72. The van der Waals surface area contributed by atoms with Gasteiger partial charge in [0.15, 0.2) is 16.5 Å². The summed E-state index contributed by atoms with van der Waals surface area (Å²) in [6.07, 6.45) is 5.24. The molecule has 1 saturated carbocycles. The number of ether oxygens (including phenoxy) is 1. The molecular weight excluding hydrogens is 406 g/mol. The van der Waals surface area contributed by atoms with E-state index in [9.17, 15) is 4.79 Å². The van der Waals surface area contributed by atoms with E-state index in [1.165, 1.54) is 0 Å². The van der Waals surface area contributed by atoms with Crippen molar-refractivity contribution in [2.45, 2.75) is 37.8 Å². The molecule has 0 amide bonds. The fourth-order valence-electron chi connectivity index (χ4n) is 4.17. The Labute approximate surface area is 176 Å². The molecule has 0 radical (unpaired) electrons. The third-order valence-electron chi connectivity index (χ3n) is 5.73. The van der Waals surface area contributed by atoms with Crippen LogP contribution in [0.25, 0.3) is 33.0 Å². The van der Waals surface area contributed by atoms with E-state index in [1.807, 2.05) is 0 Å². The van der Waals surface area contributed by atoms with Gasteiger partial charge in [-0.1, -0.05) is 17.7 Å². The van der Waals surface area contributed by atoms with Crippen molar-refractivity contribution in [3.63, 3.8) is 0 Å². The molecule has 30 heavy (non-hydrogen) atoms. The van der Waals surface area contributed by atoms with Gasteiger partial charge < -0.3 is 9.72 Å². The second kappa shape index (κ2) is 7.23. The highest BCUT2D eigenvalue weighted by Gasteiger charge is 2.26. The zero-order chi connectivity index (χ0) is 20.8. The zero-order valence-electron chi connectivity index (χ0n) is 16.2. The number of aromatic nitrogens is 6. The van der Waals surface area contributed by atoms with Gasteiger partial charge in [0.1, 0.15) is 11.8 Å². The minimum Gasteiger partial charge on any atom is -0.381 e. The van der Waals surface area contributed by atoms with Gasteiger partial charge in [-0.25, -0.2) is 14.6 Å². The number of nitrogens with zero attached hydrogens (tertiary/aromatic N) is 6. The van der Waals surface area contributed by atoms with Gasteiger partial charge in [-0.05, 0) is 37.8 Å². The molecule has 9 nitrogen and oxygen atoms in total. The normalized spacial score (nSPS) is 19.4. The molecule has 4 aromatic rings. The summed E-state index contributed by atoms with van der Waals surface area (Å²) in [6.45, 7) is 7.25. The fourth-order valence-corrected chi connectivity index (χ4v) is 4.37. The molecule has 3 aromatic heterocycles. The molecule has 1 aliphatic carbocycles. The first-order chi connectivity index (χ1) is 14.6. The van der Waals surface area contributed by atoms with E-state index < -0.39 is 0 Å². The molecule has 0 unspecified atom stereocenters. The number of benzene rings is 1. The van der Waals surface area contributed by atoms with E-state index in [0.29, 0.717) is 33.8 Å². The predicted octanol–water partition coefficient (Wildman–Crippen LogP) is 3.79. The average Bonchev–Trinajstić information content (AvgIpc) is 3.34. The van der Waals surface area contributed by atoms with Gasteiger partial charge in [0, 0.05) is 13.2 Å². The summed E-state index contributed by atoms with van der Waals surface area (Å²) in [5.41, 5.74) is 2.55. The lowest BCUT2D eigenvalue weighted by atomic mass is 9.93. The highest BCUT2D eigenvalue weighted by Crippen LogP contribution is 2.32. The van der Waals surface area contributed by atoms with Crippen LogP contribution in [0.5, 0.6) is 0 Å². The van der Waals surface area contributed by atoms with Crippen LogP contribution < -0.4 is 5.69 Å². The van der Waals surface area contributed by atoms with Crippen LogP contribution in [-0.4, -0.2) is 42.3 Å². The van der Waals surface area contributed by atoms with Crippen molar-refractivity contribution in [3.8, 4) is 5.95 Å². The molecule has 10 heteroatoms.